The molecule has 2 rings (SSSR count). The Balaban J connectivity index is 1.99. The lowest BCUT2D eigenvalue weighted by Gasteiger charge is -2.29. The number of hydrogen-bond donors (Lipinski definition) is 0. The predicted molar refractivity (Wildman–Crippen MR) is 106 cm³/mol. The topological polar surface area (TPSA) is 9.23 Å². The average molecular weight is 424 g/mol. The van der Waals surface area contributed by atoms with Crippen LogP contribution in [-0.2, 0) is 17.3 Å². The molecule has 0 aliphatic heterocycles. The van der Waals surface area contributed by atoms with Gasteiger partial charge in [0, 0.05) is 10.7 Å². The third kappa shape index (κ3) is 5.52. The van der Waals surface area contributed by atoms with Crippen molar-refractivity contribution in [3.05, 3.63) is 71.8 Å². The fraction of sp³-hybridized carbons (Fsp3) is 0.368. The minimum Gasteiger partial charge on any atom is -0.416 e. The molecule has 0 radical (unpaired) electrons. The minimum absolute atomic E-state index is 0.846. The number of rotatable bonds is 9. The molecule has 0 fully saturated rings. The first-order valence-electron chi connectivity index (χ1n) is 8.06. The van der Waals surface area contributed by atoms with Gasteiger partial charge in [-0.3, -0.25) is 0 Å². The van der Waals surface area contributed by atoms with Crippen molar-refractivity contribution in [2.24, 2.45) is 0 Å². The highest BCUT2D eigenvalue weighted by molar-refractivity contribution is 14.1. The predicted octanol–water partition coefficient (Wildman–Crippen LogP) is 5.43. The lowest BCUT2D eigenvalue weighted by atomic mass is 10.2. The van der Waals surface area contributed by atoms with Gasteiger partial charge in [-0.2, -0.15) is 0 Å². The Labute approximate surface area is 149 Å². The van der Waals surface area contributed by atoms with E-state index in [1.54, 1.807) is 0 Å². The number of alkyl halides is 1. The van der Waals surface area contributed by atoms with Crippen LogP contribution in [-0.4, -0.2) is 19.0 Å². The van der Waals surface area contributed by atoms with Gasteiger partial charge < -0.3 is 4.43 Å². The van der Waals surface area contributed by atoms with Crippen molar-refractivity contribution in [2.45, 2.75) is 31.9 Å². The highest BCUT2D eigenvalue weighted by Crippen LogP contribution is 2.25. The van der Waals surface area contributed by atoms with E-state index in [0.29, 0.717) is 0 Å². The summed E-state index contributed by atoms with van der Waals surface area (Å²) in [6.07, 6.45) is 2.29. The molecule has 0 saturated carbocycles. The van der Waals surface area contributed by atoms with Crippen LogP contribution in [0.5, 0.6) is 0 Å². The summed E-state index contributed by atoms with van der Waals surface area (Å²) in [6.45, 7) is 2.98. The molecule has 2 aromatic carbocycles. The van der Waals surface area contributed by atoms with Crippen LogP contribution in [0.4, 0.5) is 0 Å². The maximum Gasteiger partial charge on any atom is 0.202 e. The summed E-state index contributed by atoms with van der Waals surface area (Å²) in [5.41, 5.74) is 2.87. The Morgan fingerprint density at radius 1 is 0.818 bits per heavy atom. The van der Waals surface area contributed by atoms with Crippen molar-refractivity contribution in [1.82, 2.24) is 0 Å². The molecule has 0 aromatic heterocycles. The van der Waals surface area contributed by atoms with Crippen LogP contribution in [0.25, 0.3) is 0 Å². The lowest BCUT2D eigenvalue weighted by molar-refractivity contribution is 0.323. The molecule has 0 bridgehead atoms. The van der Waals surface area contributed by atoms with Gasteiger partial charge in [0.15, 0.2) is 0 Å². The van der Waals surface area contributed by atoms with E-state index in [9.17, 15) is 0 Å². The summed E-state index contributed by atoms with van der Waals surface area (Å²) in [7, 11) is -1.65. The van der Waals surface area contributed by atoms with Gasteiger partial charge in [0.25, 0.3) is 0 Å². The van der Waals surface area contributed by atoms with Gasteiger partial charge in [0.05, 0.1) is 0 Å². The van der Waals surface area contributed by atoms with Crippen molar-refractivity contribution in [2.75, 3.05) is 10.7 Å². The van der Waals surface area contributed by atoms with E-state index in [1.807, 2.05) is 0 Å². The highest BCUT2D eigenvalue weighted by atomic mass is 127. The SMILES string of the molecule is CCO[Si](CI)(CCc1ccccc1)CCc1ccccc1. The molecule has 0 amide bonds. The molecule has 0 N–H and O–H groups in total. The molecular formula is C19H25IOSi. The van der Waals surface area contributed by atoms with Gasteiger partial charge in [-0.25, -0.2) is 0 Å². The minimum atomic E-state index is -1.65. The molecule has 0 heterocycles. The Bertz CT molecular complexity index is 486. The number of benzene rings is 2. The Kier molecular flexibility index (Phi) is 7.62. The summed E-state index contributed by atoms with van der Waals surface area (Å²) in [4.78, 5) is 0. The van der Waals surface area contributed by atoms with Crippen LogP contribution < -0.4 is 0 Å². The molecule has 0 aliphatic carbocycles. The standard InChI is InChI=1S/C19H25IOSi/c1-2-21-22(17-20,15-13-18-9-5-3-6-10-18)16-14-19-11-7-4-8-12-19/h3-12H,2,13-17H2,1H3. The highest BCUT2D eigenvalue weighted by Gasteiger charge is 2.32. The van der Waals surface area contributed by atoms with Gasteiger partial charge in [0.1, 0.15) is 0 Å². The van der Waals surface area contributed by atoms with Crippen LogP contribution in [0.15, 0.2) is 60.7 Å². The third-order valence-electron chi connectivity index (χ3n) is 4.12. The van der Waals surface area contributed by atoms with Crippen LogP contribution in [0.2, 0.25) is 12.1 Å². The molecule has 3 heteroatoms. The Morgan fingerprint density at radius 2 is 1.27 bits per heavy atom. The second-order valence-electron chi connectivity index (χ2n) is 5.72. The molecular weight excluding hydrogens is 399 g/mol. The first-order chi connectivity index (χ1) is 10.8. The molecule has 22 heavy (non-hydrogen) atoms. The summed E-state index contributed by atoms with van der Waals surface area (Å²) in [5, 5.41) is 0. The molecule has 0 spiro atoms. The maximum absolute atomic E-state index is 6.35. The second-order valence-corrected chi connectivity index (χ2v) is 11.9. The summed E-state index contributed by atoms with van der Waals surface area (Å²) in [6, 6.07) is 24.1. The van der Waals surface area contributed by atoms with E-state index < -0.39 is 8.32 Å². The lowest BCUT2D eigenvalue weighted by Crippen LogP contribution is -2.41. The van der Waals surface area contributed by atoms with Crippen molar-refractivity contribution in [1.29, 1.82) is 0 Å². The van der Waals surface area contributed by atoms with E-state index in [0.717, 1.165) is 19.4 Å². The number of halogens is 1. The molecule has 0 aliphatic rings. The van der Waals surface area contributed by atoms with Gasteiger partial charge in [0.2, 0.25) is 8.32 Å². The molecule has 0 atom stereocenters. The largest absolute Gasteiger partial charge is 0.416 e. The number of hydrogen-bond acceptors (Lipinski definition) is 1. The zero-order chi connectivity index (χ0) is 15.7. The molecule has 118 valence electrons. The summed E-state index contributed by atoms with van der Waals surface area (Å²) in [5.74, 6) is 0. The molecule has 1 nitrogen and oxygen atoms in total. The van der Waals surface area contributed by atoms with Gasteiger partial charge in [-0.1, -0.05) is 83.3 Å². The fourth-order valence-electron chi connectivity index (χ4n) is 2.78. The van der Waals surface area contributed by atoms with Crippen molar-refractivity contribution in [3.8, 4) is 0 Å². The van der Waals surface area contributed by atoms with Gasteiger partial charge in [-0.05, 0) is 43.0 Å². The van der Waals surface area contributed by atoms with Crippen LogP contribution in [0.3, 0.4) is 0 Å². The second kappa shape index (κ2) is 9.48. The van der Waals surface area contributed by atoms with Crippen LogP contribution in [0, 0.1) is 0 Å². The smallest absolute Gasteiger partial charge is 0.202 e. The maximum atomic E-state index is 6.35. The summed E-state index contributed by atoms with van der Waals surface area (Å²) < 4.78 is 7.53. The van der Waals surface area contributed by atoms with E-state index >= 15 is 0 Å². The van der Waals surface area contributed by atoms with Crippen molar-refractivity contribution < 1.29 is 4.43 Å². The first-order valence-corrected chi connectivity index (χ1v) is 12.1. The van der Waals surface area contributed by atoms with E-state index in [1.165, 1.54) is 27.3 Å². The zero-order valence-corrected chi connectivity index (χ0v) is 16.5. The van der Waals surface area contributed by atoms with Crippen LogP contribution in [0.1, 0.15) is 18.1 Å². The zero-order valence-electron chi connectivity index (χ0n) is 13.3. The van der Waals surface area contributed by atoms with E-state index in [4.69, 9.17) is 4.43 Å². The van der Waals surface area contributed by atoms with Gasteiger partial charge in [-0.15, -0.1) is 0 Å². The molecule has 2 aromatic rings. The van der Waals surface area contributed by atoms with E-state index in [2.05, 4.69) is 90.2 Å². The van der Waals surface area contributed by atoms with Gasteiger partial charge >= 0.3 is 0 Å². The Morgan fingerprint density at radius 3 is 1.64 bits per heavy atom. The Hall–Kier alpha value is -0.653. The quantitative estimate of drug-likeness (QED) is 0.296. The molecule has 0 saturated heterocycles. The third-order valence-corrected chi connectivity index (χ3v) is 12.0. The summed E-state index contributed by atoms with van der Waals surface area (Å²) >= 11 is 2.55. The van der Waals surface area contributed by atoms with E-state index in [-0.39, 0.29) is 0 Å². The van der Waals surface area contributed by atoms with Crippen LogP contribution >= 0.6 is 22.6 Å². The normalized spacial score (nSPS) is 11.5. The fourth-order valence-corrected chi connectivity index (χ4v) is 8.71. The first kappa shape index (κ1) is 17.7. The van der Waals surface area contributed by atoms with Crippen molar-refractivity contribution >= 4 is 30.9 Å². The molecule has 0 unspecified atom stereocenters. The average Bonchev–Trinajstić information content (AvgIpc) is 2.59. The number of aryl methyl sites for hydroxylation is 2. The van der Waals surface area contributed by atoms with Crippen molar-refractivity contribution in [3.63, 3.8) is 0 Å². The monoisotopic (exact) mass is 424 g/mol.